The van der Waals surface area contributed by atoms with Crippen molar-refractivity contribution in [2.24, 2.45) is 0 Å². The largest absolute Gasteiger partial charge is 0.496 e. The fourth-order valence-electron chi connectivity index (χ4n) is 3.22. The number of amides is 1. The van der Waals surface area contributed by atoms with Crippen molar-refractivity contribution in [2.75, 3.05) is 43.9 Å². The van der Waals surface area contributed by atoms with Crippen LogP contribution in [0.25, 0.3) is 11.5 Å². The maximum absolute atomic E-state index is 13.4. The summed E-state index contributed by atoms with van der Waals surface area (Å²) in [5, 5.41) is 21.1. The van der Waals surface area contributed by atoms with Crippen LogP contribution in [-0.4, -0.2) is 71.5 Å². The molecule has 212 valence electrons. The number of carbonyl (C=O) groups excluding carboxylic acids is 1. The number of hydrogen-bond donors (Lipinski definition) is 3. The molecule has 0 saturated heterocycles. The van der Waals surface area contributed by atoms with Gasteiger partial charge in [0.1, 0.15) is 11.6 Å². The molecule has 1 amide bonds. The van der Waals surface area contributed by atoms with Crippen molar-refractivity contribution in [2.45, 2.75) is 26.4 Å². The topological polar surface area (TPSA) is 130 Å². The molecule has 1 aromatic heterocycles. The summed E-state index contributed by atoms with van der Waals surface area (Å²) in [6.07, 6.45) is -4.12. The molecule has 3 N–H and O–H groups in total. The van der Waals surface area contributed by atoms with Gasteiger partial charge in [0.25, 0.3) is 11.8 Å². The van der Waals surface area contributed by atoms with Gasteiger partial charge in [0, 0.05) is 23.9 Å². The van der Waals surface area contributed by atoms with Crippen molar-refractivity contribution < 1.29 is 41.4 Å². The summed E-state index contributed by atoms with van der Waals surface area (Å²) in [5.74, 6) is -2.89. The number of methoxy groups -OCH3 is 1. The maximum Gasteiger partial charge on any atom is 0.490 e. The molecule has 2 aromatic carbocycles. The SMILES string of the molecule is CCN(CC)CCCNc1nnc(-c2ccc(NC(=O)c3cccc(F)c3)cc2OC)o1.O=C(O)C(F)(F)F. The zero-order chi connectivity index (χ0) is 29.0. The summed E-state index contributed by atoms with van der Waals surface area (Å²) in [6.45, 7) is 8.07. The molecule has 0 saturated carbocycles. The van der Waals surface area contributed by atoms with Gasteiger partial charge in [-0.05, 0) is 56.4 Å². The number of carbonyl (C=O) groups is 2. The lowest BCUT2D eigenvalue weighted by Crippen LogP contribution is -2.25. The molecule has 14 heteroatoms. The third-order valence-corrected chi connectivity index (χ3v) is 5.27. The molecule has 0 radical (unpaired) electrons. The van der Waals surface area contributed by atoms with Crippen LogP contribution in [0.4, 0.5) is 29.3 Å². The van der Waals surface area contributed by atoms with E-state index >= 15 is 0 Å². The van der Waals surface area contributed by atoms with Crippen LogP contribution in [-0.2, 0) is 4.79 Å². The molecule has 0 bridgehead atoms. The number of anilines is 2. The lowest BCUT2D eigenvalue weighted by atomic mass is 10.1. The second-order valence-corrected chi connectivity index (χ2v) is 7.90. The highest BCUT2D eigenvalue weighted by molar-refractivity contribution is 6.04. The van der Waals surface area contributed by atoms with Gasteiger partial charge in [-0.2, -0.15) is 13.2 Å². The van der Waals surface area contributed by atoms with E-state index in [1.165, 1.54) is 25.3 Å². The molecule has 3 rings (SSSR count). The Bertz CT molecular complexity index is 1230. The van der Waals surface area contributed by atoms with Crippen LogP contribution in [0.5, 0.6) is 5.75 Å². The second-order valence-electron chi connectivity index (χ2n) is 7.90. The minimum Gasteiger partial charge on any atom is -0.496 e. The zero-order valence-electron chi connectivity index (χ0n) is 21.5. The van der Waals surface area contributed by atoms with Crippen molar-refractivity contribution >= 4 is 23.6 Å². The van der Waals surface area contributed by atoms with E-state index in [4.69, 9.17) is 19.1 Å². The van der Waals surface area contributed by atoms with Crippen LogP contribution < -0.4 is 15.4 Å². The average molecular weight is 556 g/mol. The summed E-state index contributed by atoms with van der Waals surface area (Å²) >= 11 is 0. The van der Waals surface area contributed by atoms with E-state index in [2.05, 4.69) is 39.6 Å². The molecule has 0 spiro atoms. The molecule has 0 unspecified atom stereocenters. The van der Waals surface area contributed by atoms with Crippen molar-refractivity contribution in [1.29, 1.82) is 0 Å². The standard InChI is InChI=1S/C23H28FN5O3.C2HF3O2/c1-4-29(5-2)13-7-12-25-23-28-27-22(32-23)19-11-10-18(15-20(19)31-3)26-21(30)16-8-6-9-17(24)14-16;3-2(4,5)1(6)7/h6,8-11,14-15H,4-5,7,12-13H2,1-3H3,(H,25,28)(H,26,30);(H,6,7). The Morgan fingerprint density at radius 2 is 1.79 bits per heavy atom. The van der Waals surface area contributed by atoms with Crippen LogP contribution in [0.2, 0.25) is 0 Å². The van der Waals surface area contributed by atoms with Crippen LogP contribution in [0.1, 0.15) is 30.6 Å². The first kappa shape index (κ1) is 31.0. The number of nitrogens with one attached hydrogen (secondary N) is 2. The van der Waals surface area contributed by atoms with E-state index < -0.39 is 23.9 Å². The fraction of sp³-hybridized carbons (Fsp3) is 0.360. The number of ether oxygens (including phenoxy) is 1. The number of rotatable bonds is 11. The van der Waals surface area contributed by atoms with E-state index in [0.29, 0.717) is 28.9 Å². The van der Waals surface area contributed by atoms with E-state index in [0.717, 1.165) is 32.6 Å². The Balaban J connectivity index is 0.000000673. The normalized spacial score (nSPS) is 11.0. The van der Waals surface area contributed by atoms with Crippen molar-refractivity contribution in [3.8, 4) is 17.2 Å². The van der Waals surface area contributed by atoms with Gasteiger partial charge in [-0.3, -0.25) is 4.79 Å². The van der Waals surface area contributed by atoms with E-state index in [-0.39, 0.29) is 5.56 Å². The molecule has 1 heterocycles. The Morgan fingerprint density at radius 1 is 1.10 bits per heavy atom. The van der Waals surface area contributed by atoms with Crippen molar-refractivity contribution in [1.82, 2.24) is 15.1 Å². The quantitative estimate of drug-likeness (QED) is 0.223. The fourth-order valence-corrected chi connectivity index (χ4v) is 3.22. The molecule has 0 atom stereocenters. The minimum atomic E-state index is -5.08. The summed E-state index contributed by atoms with van der Waals surface area (Å²) in [5.41, 5.74) is 1.32. The highest BCUT2D eigenvalue weighted by Gasteiger charge is 2.38. The predicted octanol–water partition coefficient (Wildman–Crippen LogP) is 4.91. The average Bonchev–Trinajstić information content (AvgIpc) is 3.37. The number of carboxylic acid groups (broad SMARTS) is 1. The van der Waals surface area contributed by atoms with Crippen LogP contribution in [0, 0.1) is 5.82 Å². The van der Waals surface area contributed by atoms with Gasteiger partial charge in [0.2, 0.25) is 0 Å². The second kappa shape index (κ2) is 14.7. The first-order valence-corrected chi connectivity index (χ1v) is 11.8. The number of nitrogens with zero attached hydrogens (tertiary/aromatic N) is 3. The Morgan fingerprint density at radius 3 is 2.38 bits per heavy atom. The monoisotopic (exact) mass is 555 g/mol. The first-order valence-electron chi connectivity index (χ1n) is 11.8. The van der Waals surface area contributed by atoms with Gasteiger partial charge in [-0.25, -0.2) is 9.18 Å². The Kier molecular flexibility index (Phi) is 11.7. The smallest absolute Gasteiger partial charge is 0.490 e. The maximum atomic E-state index is 13.4. The molecule has 0 aliphatic carbocycles. The van der Waals surface area contributed by atoms with E-state index in [1.54, 1.807) is 24.3 Å². The van der Waals surface area contributed by atoms with Crippen LogP contribution >= 0.6 is 0 Å². The molecular weight excluding hydrogens is 526 g/mol. The first-order chi connectivity index (χ1) is 18.5. The molecule has 39 heavy (non-hydrogen) atoms. The molecular formula is C25H29F4N5O5. The van der Waals surface area contributed by atoms with Gasteiger partial charge in [0.05, 0.1) is 12.7 Å². The van der Waals surface area contributed by atoms with Gasteiger partial charge < -0.3 is 29.8 Å². The van der Waals surface area contributed by atoms with E-state index in [9.17, 15) is 22.4 Å². The lowest BCUT2D eigenvalue weighted by Gasteiger charge is -2.17. The third-order valence-electron chi connectivity index (χ3n) is 5.27. The molecule has 0 aliphatic rings. The minimum absolute atomic E-state index is 0.224. The number of aliphatic carboxylic acids is 1. The van der Waals surface area contributed by atoms with Crippen LogP contribution in [0.15, 0.2) is 46.9 Å². The summed E-state index contributed by atoms with van der Waals surface area (Å²) in [6, 6.07) is 10.9. The number of hydrogen-bond acceptors (Lipinski definition) is 8. The van der Waals surface area contributed by atoms with E-state index in [1.807, 2.05) is 0 Å². The number of halogens is 4. The van der Waals surface area contributed by atoms with Gasteiger partial charge in [0.15, 0.2) is 0 Å². The van der Waals surface area contributed by atoms with Crippen LogP contribution in [0.3, 0.4) is 0 Å². The summed E-state index contributed by atoms with van der Waals surface area (Å²) in [7, 11) is 1.51. The van der Waals surface area contributed by atoms with Gasteiger partial charge in [-0.1, -0.05) is 25.0 Å². The molecule has 10 nitrogen and oxygen atoms in total. The van der Waals surface area contributed by atoms with Gasteiger partial charge in [-0.15, -0.1) is 5.10 Å². The Hall–Kier alpha value is -4.20. The third kappa shape index (κ3) is 9.89. The van der Waals surface area contributed by atoms with Crippen molar-refractivity contribution in [3.05, 3.63) is 53.8 Å². The molecule has 3 aromatic rings. The molecule has 0 aliphatic heterocycles. The lowest BCUT2D eigenvalue weighted by molar-refractivity contribution is -0.192. The summed E-state index contributed by atoms with van der Waals surface area (Å²) < 4.78 is 56.3. The molecule has 0 fully saturated rings. The van der Waals surface area contributed by atoms with Crippen molar-refractivity contribution in [3.63, 3.8) is 0 Å². The Labute approximate surface area is 222 Å². The number of aromatic nitrogens is 2. The zero-order valence-corrected chi connectivity index (χ0v) is 21.5. The number of carboxylic acids is 1. The summed E-state index contributed by atoms with van der Waals surface area (Å²) in [4.78, 5) is 23.6. The van der Waals surface area contributed by atoms with Gasteiger partial charge >= 0.3 is 18.2 Å². The highest BCUT2D eigenvalue weighted by Crippen LogP contribution is 2.32. The highest BCUT2D eigenvalue weighted by atomic mass is 19.4. The number of benzene rings is 2. The predicted molar refractivity (Wildman–Crippen MR) is 135 cm³/mol. The number of alkyl halides is 3.